The lowest BCUT2D eigenvalue weighted by Crippen LogP contribution is -2.31. The minimum absolute atomic E-state index is 0.118. The minimum atomic E-state index is -1.18. The average molecular weight is 324 g/mol. The summed E-state index contributed by atoms with van der Waals surface area (Å²) in [5.74, 6) is -0.114. The van der Waals surface area contributed by atoms with E-state index in [-0.39, 0.29) is 23.2 Å². The summed E-state index contributed by atoms with van der Waals surface area (Å²) in [5.41, 5.74) is 0.239. The zero-order chi connectivity index (χ0) is 17.4. The van der Waals surface area contributed by atoms with E-state index in [0.29, 0.717) is 32.4 Å². The van der Waals surface area contributed by atoms with Crippen molar-refractivity contribution in [3.05, 3.63) is 12.0 Å². The van der Waals surface area contributed by atoms with Crippen molar-refractivity contribution < 1.29 is 19.5 Å². The largest absolute Gasteiger partial charge is 0.465 e. The highest BCUT2D eigenvalue weighted by Gasteiger charge is 2.23. The number of imidazole rings is 1. The van der Waals surface area contributed by atoms with Crippen LogP contribution < -0.4 is 10.2 Å². The van der Waals surface area contributed by atoms with Crippen molar-refractivity contribution in [3.63, 3.8) is 0 Å². The van der Waals surface area contributed by atoms with E-state index in [0.717, 1.165) is 11.3 Å². The Bertz CT molecular complexity index is 568. The molecule has 8 heteroatoms. The number of hydrogen-bond acceptors (Lipinski definition) is 4. The minimum Gasteiger partial charge on any atom is -0.465 e. The van der Waals surface area contributed by atoms with Crippen molar-refractivity contribution in [2.45, 2.75) is 46.1 Å². The van der Waals surface area contributed by atoms with Crippen molar-refractivity contribution >= 4 is 23.6 Å². The van der Waals surface area contributed by atoms with Crippen LogP contribution in [0.1, 0.15) is 50.0 Å². The van der Waals surface area contributed by atoms with Gasteiger partial charge in [-0.25, -0.2) is 9.78 Å². The summed E-state index contributed by atoms with van der Waals surface area (Å²) in [5, 5.41) is 11.9. The first-order chi connectivity index (χ1) is 10.9. The predicted molar refractivity (Wildman–Crippen MR) is 85.8 cm³/mol. The second kappa shape index (κ2) is 8.92. The molecular formula is C15H24N4O4. The first-order valence-electron chi connectivity index (χ1n) is 7.67. The molecule has 0 saturated carbocycles. The molecule has 0 unspecified atom stereocenters. The van der Waals surface area contributed by atoms with Crippen LogP contribution in [0.25, 0.3) is 0 Å². The number of amides is 2. The maximum absolute atomic E-state index is 12.4. The van der Waals surface area contributed by atoms with E-state index in [1.54, 1.807) is 4.57 Å². The third-order valence-corrected chi connectivity index (χ3v) is 3.34. The topological polar surface area (TPSA) is 105 Å². The van der Waals surface area contributed by atoms with Crippen LogP contribution in [0.15, 0.2) is 6.33 Å². The van der Waals surface area contributed by atoms with Gasteiger partial charge in [-0.15, -0.1) is 0 Å². The number of aryl methyl sites for hydroxylation is 1. The molecule has 1 heterocycles. The predicted octanol–water partition coefficient (Wildman–Crippen LogP) is 1.90. The van der Waals surface area contributed by atoms with Gasteiger partial charge in [0.25, 0.3) is 5.91 Å². The van der Waals surface area contributed by atoms with Crippen LogP contribution in [0, 0.1) is 0 Å². The third kappa shape index (κ3) is 5.39. The van der Waals surface area contributed by atoms with Crippen molar-refractivity contribution in [1.29, 1.82) is 0 Å². The lowest BCUT2D eigenvalue weighted by molar-refractivity contribution is -0.117. The lowest BCUT2D eigenvalue weighted by Gasteiger charge is -2.14. The SMILES string of the molecule is CCCn1cnc(N(C)C(=O)O)c1C(=O)NCCCCC(C)=O. The maximum atomic E-state index is 12.4. The van der Waals surface area contributed by atoms with E-state index in [1.165, 1.54) is 20.3 Å². The highest BCUT2D eigenvalue weighted by molar-refractivity contribution is 6.00. The average Bonchev–Trinajstić information content (AvgIpc) is 2.89. The molecule has 2 amide bonds. The Morgan fingerprint density at radius 3 is 2.61 bits per heavy atom. The number of carbonyl (C=O) groups excluding carboxylic acids is 2. The van der Waals surface area contributed by atoms with E-state index < -0.39 is 6.09 Å². The van der Waals surface area contributed by atoms with Gasteiger partial charge in [0.05, 0.1) is 6.33 Å². The standard InChI is InChI=1S/C15H24N4O4/c1-4-9-19-10-17-13(18(3)15(22)23)12(19)14(21)16-8-6-5-7-11(2)20/h10H,4-9H2,1-3H3,(H,16,21)(H,22,23). The van der Waals surface area contributed by atoms with E-state index in [4.69, 9.17) is 5.11 Å². The molecule has 0 saturated heterocycles. The Kier molecular flexibility index (Phi) is 7.24. The van der Waals surface area contributed by atoms with Crippen molar-refractivity contribution in [1.82, 2.24) is 14.9 Å². The zero-order valence-corrected chi connectivity index (χ0v) is 13.8. The number of carbonyl (C=O) groups is 3. The fraction of sp³-hybridized carbons (Fsp3) is 0.600. The summed E-state index contributed by atoms with van der Waals surface area (Å²) in [6.45, 7) is 4.51. The number of unbranched alkanes of at least 4 members (excludes halogenated alkanes) is 1. The maximum Gasteiger partial charge on any atom is 0.412 e. The molecule has 1 aromatic heterocycles. The van der Waals surface area contributed by atoms with Crippen molar-refractivity contribution in [3.8, 4) is 0 Å². The van der Waals surface area contributed by atoms with Gasteiger partial charge in [0.15, 0.2) is 11.5 Å². The number of anilines is 1. The summed E-state index contributed by atoms with van der Waals surface area (Å²) in [6, 6.07) is 0. The smallest absolute Gasteiger partial charge is 0.412 e. The van der Waals surface area contributed by atoms with Crippen LogP contribution in [-0.4, -0.2) is 46.0 Å². The summed E-state index contributed by atoms with van der Waals surface area (Å²) in [7, 11) is 1.35. The van der Waals surface area contributed by atoms with Gasteiger partial charge in [0.1, 0.15) is 5.78 Å². The number of nitrogens with zero attached hydrogens (tertiary/aromatic N) is 3. The molecule has 1 rings (SSSR count). The van der Waals surface area contributed by atoms with Crippen molar-refractivity contribution in [2.24, 2.45) is 0 Å². The summed E-state index contributed by atoms with van der Waals surface area (Å²) in [4.78, 5) is 39.3. The zero-order valence-electron chi connectivity index (χ0n) is 13.8. The first kappa shape index (κ1) is 18.7. The highest BCUT2D eigenvalue weighted by atomic mass is 16.4. The number of nitrogens with one attached hydrogen (secondary N) is 1. The number of rotatable bonds is 9. The molecule has 0 aliphatic carbocycles. The second-order valence-corrected chi connectivity index (χ2v) is 5.37. The number of hydrogen-bond donors (Lipinski definition) is 2. The lowest BCUT2D eigenvalue weighted by atomic mass is 10.2. The Balaban J connectivity index is 2.78. The fourth-order valence-corrected chi connectivity index (χ4v) is 2.13. The molecule has 0 aliphatic rings. The number of ketones is 1. The fourth-order valence-electron chi connectivity index (χ4n) is 2.13. The van der Waals surface area contributed by atoms with Crippen LogP contribution in [0.2, 0.25) is 0 Å². The second-order valence-electron chi connectivity index (χ2n) is 5.37. The van der Waals surface area contributed by atoms with Gasteiger partial charge >= 0.3 is 6.09 Å². The molecule has 128 valence electrons. The number of carboxylic acid groups (broad SMARTS) is 1. The molecule has 0 bridgehead atoms. The van der Waals surface area contributed by atoms with Gasteiger partial charge in [-0.3, -0.25) is 9.69 Å². The normalized spacial score (nSPS) is 10.4. The first-order valence-corrected chi connectivity index (χ1v) is 7.67. The Morgan fingerprint density at radius 2 is 2.04 bits per heavy atom. The van der Waals surface area contributed by atoms with E-state index in [9.17, 15) is 14.4 Å². The van der Waals surface area contributed by atoms with Crippen LogP contribution in [-0.2, 0) is 11.3 Å². The molecule has 0 aromatic carbocycles. The molecule has 0 fully saturated rings. The van der Waals surface area contributed by atoms with Gasteiger partial charge in [0.2, 0.25) is 0 Å². The van der Waals surface area contributed by atoms with E-state index in [1.807, 2.05) is 6.92 Å². The summed E-state index contributed by atoms with van der Waals surface area (Å²) in [6.07, 6.45) is 3.00. The third-order valence-electron chi connectivity index (χ3n) is 3.34. The quantitative estimate of drug-likeness (QED) is 0.675. The van der Waals surface area contributed by atoms with Crippen LogP contribution in [0.3, 0.4) is 0 Å². The molecule has 0 aliphatic heterocycles. The molecule has 1 aromatic rings. The Hall–Kier alpha value is -2.38. The van der Waals surface area contributed by atoms with Gasteiger partial charge in [-0.05, 0) is 26.2 Å². The van der Waals surface area contributed by atoms with E-state index >= 15 is 0 Å². The Labute approximate surface area is 135 Å². The molecule has 0 atom stereocenters. The number of Topliss-reactive ketones (excluding diaryl/α,β-unsaturated/α-hetero) is 1. The monoisotopic (exact) mass is 324 g/mol. The highest BCUT2D eigenvalue weighted by Crippen LogP contribution is 2.18. The summed E-state index contributed by atoms with van der Waals surface area (Å²) >= 11 is 0. The van der Waals surface area contributed by atoms with Crippen molar-refractivity contribution in [2.75, 3.05) is 18.5 Å². The van der Waals surface area contributed by atoms with Gasteiger partial charge in [-0.2, -0.15) is 0 Å². The molecular weight excluding hydrogens is 300 g/mol. The van der Waals surface area contributed by atoms with Gasteiger partial charge in [0, 0.05) is 26.6 Å². The molecule has 0 spiro atoms. The number of aromatic nitrogens is 2. The molecule has 8 nitrogen and oxygen atoms in total. The summed E-state index contributed by atoms with van der Waals surface area (Å²) < 4.78 is 1.65. The van der Waals surface area contributed by atoms with Gasteiger partial charge in [-0.1, -0.05) is 6.92 Å². The Morgan fingerprint density at radius 1 is 1.35 bits per heavy atom. The van der Waals surface area contributed by atoms with Gasteiger partial charge < -0.3 is 19.8 Å². The van der Waals surface area contributed by atoms with E-state index in [2.05, 4.69) is 10.3 Å². The molecule has 0 radical (unpaired) electrons. The molecule has 23 heavy (non-hydrogen) atoms. The molecule has 2 N–H and O–H groups in total. The van der Waals surface area contributed by atoms with Crippen LogP contribution in [0.5, 0.6) is 0 Å². The van der Waals surface area contributed by atoms with Crippen LogP contribution in [0.4, 0.5) is 10.6 Å². The van der Waals surface area contributed by atoms with Crippen LogP contribution >= 0.6 is 0 Å².